The van der Waals surface area contributed by atoms with E-state index in [1.54, 1.807) is 18.2 Å². The lowest BCUT2D eigenvalue weighted by molar-refractivity contribution is 0.102. The number of hydrogen-bond donors (Lipinski definition) is 4. The van der Waals surface area contributed by atoms with Crippen molar-refractivity contribution in [1.82, 2.24) is 0 Å². The number of aromatic hydroxyl groups is 2. The standard InChI is InChI=1S/C34H29N3O2.C28H23N3O2/c1-25-15-17-26(18-16-25)9-5-6-10-27-19-21-30(22-20-27)35-36-33-32-14-8-7-11-28(32)23-29(34(33)38)24-39-37-31-12-3-2-4-13-31;1-2-3-5-10-20-15-17-23(18-16-20)30-31-26-24-14-9-8-11-21(24)19-25(27(26)32)28(33)29-22-12-6-4-7-13-22/h2-23,37-38H,24H2,1H3;2-19,32H,1H3,(H,29,33)/b9-5+,10-6+,36-35?;3-2+,10-5+,31-30?. The van der Waals surface area contributed by atoms with Gasteiger partial charge in [0.05, 0.1) is 22.6 Å². The molecule has 0 bridgehead atoms. The van der Waals surface area contributed by atoms with E-state index in [0.717, 1.165) is 33.0 Å². The van der Waals surface area contributed by atoms with Gasteiger partial charge in [-0.25, -0.2) is 0 Å². The first-order valence-electron chi connectivity index (χ1n) is 23.3. The topological polar surface area (TPSA) is 140 Å². The van der Waals surface area contributed by atoms with E-state index in [1.165, 1.54) is 11.1 Å². The second-order valence-electron chi connectivity index (χ2n) is 16.5. The largest absolute Gasteiger partial charge is 0.505 e. The number of allylic oxidation sites excluding steroid dienone is 5. The molecule has 9 rings (SSSR count). The smallest absolute Gasteiger partial charge is 0.259 e. The van der Waals surface area contributed by atoms with Crippen LogP contribution in [-0.4, -0.2) is 16.1 Å². The number of carbonyl (C=O) groups is 1. The van der Waals surface area contributed by atoms with Crippen molar-refractivity contribution < 1.29 is 19.8 Å². The number of hydrogen-bond acceptors (Lipinski definition) is 9. The van der Waals surface area contributed by atoms with E-state index in [4.69, 9.17) is 4.84 Å². The van der Waals surface area contributed by atoms with Gasteiger partial charge in [-0.3, -0.25) is 15.1 Å². The van der Waals surface area contributed by atoms with Crippen LogP contribution in [0.15, 0.2) is 245 Å². The summed E-state index contributed by atoms with van der Waals surface area (Å²) in [6, 6.07) is 61.3. The second-order valence-corrected chi connectivity index (χ2v) is 16.5. The minimum Gasteiger partial charge on any atom is -0.505 e. The summed E-state index contributed by atoms with van der Waals surface area (Å²) in [6.45, 7) is 4.21. The Morgan fingerprint density at radius 1 is 0.514 bits per heavy atom. The highest BCUT2D eigenvalue weighted by molar-refractivity contribution is 6.11. The molecule has 0 radical (unpaired) electrons. The van der Waals surface area contributed by atoms with Gasteiger partial charge in [-0.2, -0.15) is 10.2 Å². The quantitative estimate of drug-likeness (QED) is 0.0460. The highest BCUT2D eigenvalue weighted by Crippen LogP contribution is 2.41. The first-order valence-corrected chi connectivity index (χ1v) is 23.3. The van der Waals surface area contributed by atoms with Gasteiger partial charge in [0.1, 0.15) is 23.7 Å². The third-order valence-corrected chi connectivity index (χ3v) is 11.2. The van der Waals surface area contributed by atoms with Crippen molar-refractivity contribution in [1.29, 1.82) is 0 Å². The fourth-order valence-corrected chi connectivity index (χ4v) is 7.41. The van der Waals surface area contributed by atoms with Crippen LogP contribution in [0.5, 0.6) is 11.5 Å². The minimum atomic E-state index is -0.418. The zero-order chi connectivity index (χ0) is 49.9. The van der Waals surface area contributed by atoms with Gasteiger partial charge in [-0.15, -0.1) is 10.2 Å². The molecule has 0 fully saturated rings. The number of azo groups is 2. The predicted molar refractivity (Wildman–Crippen MR) is 295 cm³/mol. The molecule has 0 atom stereocenters. The average molecular weight is 945 g/mol. The van der Waals surface area contributed by atoms with Crippen molar-refractivity contribution in [2.75, 3.05) is 10.8 Å². The monoisotopic (exact) mass is 944 g/mol. The number of carbonyl (C=O) groups excluding carboxylic acids is 1. The summed E-state index contributed by atoms with van der Waals surface area (Å²) in [7, 11) is 0. The lowest BCUT2D eigenvalue weighted by Crippen LogP contribution is -2.12. The SMILES string of the molecule is C/C=C/C=C/c1ccc(N=Nc2c(O)c(C(=O)Nc3ccccc3)cc3ccccc23)cc1.Cc1ccc(/C=C/C=C/c2ccc(N=Nc3c(O)c(CONc4ccccc4)cc4ccccc34)cc2)cc1. The molecule has 0 aliphatic heterocycles. The Morgan fingerprint density at radius 3 is 1.51 bits per heavy atom. The molecule has 0 saturated carbocycles. The number of anilines is 2. The van der Waals surface area contributed by atoms with E-state index < -0.39 is 5.91 Å². The van der Waals surface area contributed by atoms with Crippen LogP contribution < -0.4 is 10.8 Å². The van der Waals surface area contributed by atoms with Crippen LogP contribution in [0.4, 0.5) is 34.1 Å². The maximum atomic E-state index is 12.9. The molecular formula is C62H52N6O4. The molecule has 0 aliphatic rings. The molecule has 72 heavy (non-hydrogen) atoms. The van der Waals surface area contributed by atoms with Gasteiger partial charge in [0, 0.05) is 22.0 Å². The molecule has 0 aliphatic carbocycles. The predicted octanol–water partition coefficient (Wildman–Crippen LogP) is 17.3. The summed E-state index contributed by atoms with van der Waals surface area (Å²) >= 11 is 0. The summed E-state index contributed by atoms with van der Waals surface area (Å²) in [5.41, 5.74) is 11.6. The molecular weight excluding hydrogens is 893 g/mol. The first kappa shape index (κ1) is 48.9. The molecule has 0 saturated heterocycles. The molecule has 1 amide bonds. The highest BCUT2D eigenvalue weighted by atomic mass is 16.6. The summed E-state index contributed by atoms with van der Waals surface area (Å²) in [4.78, 5) is 18.5. The minimum absolute atomic E-state index is 0.0484. The number of phenolic OH excluding ortho intramolecular Hbond substituents is 2. The number of benzene rings is 9. The van der Waals surface area contributed by atoms with Gasteiger partial charge in [0.25, 0.3) is 5.91 Å². The van der Waals surface area contributed by atoms with Crippen molar-refractivity contribution in [2.24, 2.45) is 20.5 Å². The third kappa shape index (κ3) is 13.4. The molecule has 0 unspecified atom stereocenters. The van der Waals surface area contributed by atoms with E-state index in [2.05, 4.69) is 68.5 Å². The Morgan fingerprint density at radius 2 is 0.972 bits per heavy atom. The van der Waals surface area contributed by atoms with Crippen LogP contribution in [0.1, 0.15) is 45.1 Å². The van der Waals surface area contributed by atoms with E-state index >= 15 is 0 Å². The molecule has 4 N–H and O–H groups in total. The van der Waals surface area contributed by atoms with Gasteiger partial charge in [-0.05, 0) is 102 Å². The van der Waals surface area contributed by atoms with E-state index in [-0.39, 0.29) is 29.4 Å². The summed E-state index contributed by atoms with van der Waals surface area (Å²) in [6.07, 6.45) is 16.0. The number of fused-ring (bicyclic) bond motifs is 2. The average Bonchev–Trinajstić information content (AvgIpc) is 3.41. The van der Waals surface area contributed by atoms with Crippen LogP contribution in [0.3, 0.4) is 0 Å². The Labute approximate surface area is 419 Å². The van der Waals surface area contributed by atoms with Crippen LogP contribution in [0.25, 0.3) is 39.8 Å². The van der Waals surface area contributed by atoms with Crippen molar-refractivity contribution in [2.45, 2.75) is 20.5 Å². The Bertz CT molecular complexity index is 3440. The molecule has 9 aromatic carbocycles. The molecule has 9 aromatic rings. The van der Waals surface area contributed by atoms with Crippen LogP contribution in [0.2, 0.25) is 0 Å². The van der Waals surface area contributed by atoms with Crippen molar-refractivity contribution >= 4 is 79.8 Å². The molecule has 0 aromatic heterocycles. The number of para-hydroxylation sites is 2. The zero-order valence-corrected chi connectivity index (χ0v) is 39.8. The van der Waals surface area contributed by atoms with Gasteiger partial charge in [-0.1, -0.05) is 188 Å². The maximum Gasteiger partial charge on any atom is 0.259 e. The summed E-state index contributed by atoms with van der Waals surface area (Å²) in [5.74, 6) is -0.581. The van der Waals surface area contributed by atoms with E-state index in [1.807, 2.05) is 201 Å². The second kappa shape index (κ2) is 24.7. The van der Waals surface area contributed by atoms with Gasteiger partial charge in [0.2, 0.25) is 0 Å². The van der Waals surface area contributed by atoms with Crippen LogP contribution in [0, 0.1) is 6.92 Å². The number of aryl methyl sites for hydroxylation is 1. The number of nitrogens with one attached hydrogen (secondary N) is 2. The zero-order valence-electron chi connectivity index (χ0n) is 39.8. The number of amides is 1. The number of phenols is 2. The molecule has 0 spiro atoms. The number of rotatable bonds is 15. The Balaban J connectivity index is 0.000000195. The van der Waals surface area contributed by atoms with Crippen molar-refractivity contribution in [3.8, 4) is 11.5 Å². The Kier molecular flexibility index (Phi) is 16.8. The summed E-state index contributed by atoms with van der Waals surface area (Å²) in [5, 5.41) is 45.5. The number of nitrogens with zero attached hydrogens (tertiary/aromatic N) is 4. The summed E-state index contributed by atoms with van der Waals surface area (Å²) < 4.78 is 0. The van der Waals surface area contributed by atoms with Crippen LogP contribution in [-0.2, 0) is 11.4 Å². The normalized spacial score (nSPS) is 11.7. The van der Waals surface area contributed by atoms with Crippen LogP contribution >= 0.6 is 0 Å². The lowest BCUT2D eigenvalue weighted by Gasteiger charge is -2.12. The van der Waals surface area contributed by atoms with Gasteiger partial charge < -0.3 is 15.5 Å². The highest BCUT2D eigenvalue weighted by Gasteiger charge is 2.19. The fraction of sp³-hybridized carbons (Fsp3) is 0.0484. The van der Waals surface area contributed by atoms with Crippen molar-refractivity contribution in [3.05, 3.63) is 258 Å². The molecule has 0 heterocycles. The van der Waals surface area contributed by atoms with Gasteiger partial charge >= 0.3 is 0 Å². The maximum absolute atomic E-state index is 12.9. The molecule has 354 valence electrons. The Hall–Kier alpha value is -9.51. The van der Waals surface area contributed by atoms with Gasteiger partial charge in [0.15, 0.2) is 5.75 Å². The fourth-order valence-electron chi connectivity index (χ4n) is 7.41. The third-order valence-electron chi connectivity index (χ3n) is 11.2. The molecule has 10 heteroatoms. The lowest BCUT2D eigenvalue weighted by atomic mass is 10.0. The first-order chi connectivity index (χ1) is 35.3. The molecule has 10 nitrogen and oxygen atoms in total. The van der Waals surface area contributed by atoms with Crippen molar-refractivity contribution in [3.63, 3.8) is 0 Å². The van der Waals surface area contributed by atoms with E-state index in [0.29, 0.717) is 33.7 Å². The van der Waals surface area contributed by atoms with E-state index in [9.17, 15) is 15.0 Å².